The fourth-order valence-electron chi connectivity index (χ4n) is 2.69. The Hall–Kier alpha value is -0.610. The number of nitrogens with zero attached hydrogens (tertiary/aromatic N) is 1. The molecule has 112 valence electrons. The van der Waals surface area contributed by atoms with E-state index in [2.05, 4.69) is 13.8 Å². The number of amides is 1. The molecule has 4 nitrogen and oxygen atoms in total. The quantitative estimate of drug-likeness (QED) is 0.770. The van der Waals surface area contributed by atoms with Gasteiger partial charge in [-0.25, -0.2) is 0 Å². The number of likely N-dealkylation sites (N-methyl/N-ethyl adjacent to an activating group) is 1. The molecule has 2 N–H and O–H groups in total. The molecule has 0 radical (unpaired) electrons. The van der Waals surface area contributed by atoms with Crippen molar-refractivity contribution in [2.75, 3.05) is 26.7 Å². The molecule has 1 aliphatic rings. The van der Waals surface area contributed by atoms with Crippen LogP contribution in [0.2, 0.25) is 0 Å². The molecule has 1 saturated heterocycles. The molecule has 4 heteroatoms. The summed E-state index contributed by atoms with van der Waals surface area (Å²) >= 11 is 0. The van der Waals surface area contributed by atoms with E-state index in [0.717, 1.165) is 32.4 Å². The third-order valence-electron chi connectivity index (χ3n) is 3.78. The molecule has 1 heterocycles. The Morgan fingerprint density at radius 3 is 2.68 bits per heavy atom. The lowest BCUT2D eigenvalue weighted by Gasteiger charge is -2.28. The normalized spacial score (nSPS) is 21.4. The summed E-state index contributed by atoms with van der Waals surface area (Å²) < 4.78 is 5.68. The van der Waals surface area contributed by atoms with Crippen molar-refractivity contribution < 1.29 is 9.53 Å². The van der Waals surface area contributed by atoms with Gasteiger partial charge in [0.15, 0.2) is 0 Å². The summed E-state index contributed by atoms with van der Waals surface area (Å²) in [6, 6.07) is 0. The Morgan fingerprint density at radius 1 is 1.42 bits per heavy atom. The Balaban J connectivity index is 2.33. The van der Waals surface area contributed by atoms with E-state index in [4.69, 9.17) is 10.5 Å². The number of hydrogen-bond acceptors (Lipinski definition) is 3. The van der Waals surface area contributed by atoms with Crippen LogP contribution in [0.5, 0.6) is 0 Å². The lowest BCUT2D eigenvalue weighted by atomic mass is 9.94. The second-order valence-corrected chi connectivity index (χ2v) is 6.20. The van der Waals surface area contributed by atoms with Crippen LogP contribution in [-0.4, -0.2) is 43.7 Å². The van der Waals surface area contributed by atoms with E-state index in [-0.39, 0.29) is 12.0 Å². The minimum atomic E-state index is 0.199. The van der Waals surface area contributed by atoms with Crippen molar-refractivity contribution >= 4 is 5.91 Å². The maximum absolute atomic E-state index is 12.2. The molecule has 2 atom stereocenters. The molecule has 0 aromatic carbocycles. The standard InChI is InChI=1S/C15H30N2O2/c1-12(2)8-13(10-16)9-15(18)17(3)11-14-6-4-5-7-19-14/h12-14H,4-11,16H2,1-3H3/t13-,14?/m0/s1. The Kier molecular flexibility index (Phi) is 7.39. The van der Waals surface area contributed by atoms with Crippen molar-refractivity contribution in [2.24, 2.45) is 17.6 Å². The highest BCUT2D eigenvalue weighted by Gasteiger charge is 2.21. The monoisotopic (exact) mass is 270 g/mol. The highest BCUT2D eigenvalue weighted by atomic mass is 16.5. The van der Waals surface area contributed by atoms with Gasteiger partial charge in [-0.05, 0) is 44.1 Å². The zero-order valence-corrected chi connectivity index (χ0v) is 12.7. The van der Waals surface area contributed by atoms with Crippen LogP contribution in [0.1, 0.15) is 46.0 Å². The summed E-state index contributed by atoms with van der Waals surface area (Å²) in [6.07, 6.45) is 5.25. The van der Waals surface area contributed by atoms with Gasteiger partial charge in [-0.1, -0.05) is 13.8 Å². The minimum Gasteiger partial charge on any atom is -0.376 e. The summed E-state index contributed by atoms with van der Waals surface area (Å²) in [5, 5.41) is 0. The molecule has 19 heavy (non-hydrogen) atoms. The first kappa shape index (κ1) is 16.4. The first-order valence-corrected chi connectivity index (χ1v) is 7.58. The number of ether oxygens (including phenoxy) is 1. The van der Waals surface area contributed by atoms with Gasteiger partial charge in [0.25, 0.3) is 0 Å². The average Bonchev–Trinajstić information content (AvgIpc) is 2.38. The molecule has 0 aromatic rings. The van der Waals surface area contributed by atoms with Gasteiger partial charge in [0.2, 0.25) is 5.91 Å². The van der Waals surface area contributed by atoms with E-state index >= 15 is 0 Å². The summed E-state index contributed by atoms with van der Waals surface area (Å²) in [5.74, 6) is 1.10. The van der Waals surface area contributed by atoms with Crippen LogP contribution in [-0.2, 0) is 9.53 Å². The summed E-state index contributed by atoms with van der Waals surface area (Å²) in [4.78, 5) is 14.0. The van der Waals surface area contributed by atoms with Crippen LogP contribution in [0.4, 0.5) is 0 Å². The van der Waals surface area contributed by atoms with Crippen molar-refractivity contribution in [3.63, 3.8) is 0 Å². The Bertz CT molecular complexity index is 263. The van der Waals surface area contributed by atoms with Crippen molar-refractivity contribution in [1.29, 1.82) is 0 Å². The number of carbonyl (C=O) groups is 1. The SMILES string of the molecule is CC(C)C[C@H](CN)CC(=O)N(C)CC1CCCCO1. The molecule has 1 fully saturated rings. The van der Waals surface area contributed by atoms with E-state index in [9.17, 15) is 4.79 Å². The predicted octanol–water partition coefficient (Wildman–Crippen LogP) is 2.02. The largest absolute Gasteiger partial charge is 0.376 e. The lowest BCUT2D eigenvalue weighted by Crippen LogP contribution is -2.38. The van der Waals surface area contributed by atoms with Crippen molar-refractivity contribution in [2.45, 2.75) is 52.1 Å². The van der Waals surface area contributed by atoms with E-state index in [1.165, 1.54) is 6.42 Å². The van der Waals surface area contributed by atoms with Crippen LogP contribution in [0.3, 0.4) is 0 Å². The van der Waals surface area contributed by atoms with Crippen LogP contribution in [0, 0.1) is 11.8 Å². The van der Waals surface area contributed by atoms with Crippen molar-refractivity contribution in [1.82, 2.24) is 4.90 Å². The first-order chi connectivity index (χ1) is 9.02. The summed E-state index contributed by atoms with van der Waals surface area (Å²) in [5.41, 5.74) is 5.76. The predicted molar refractivity (Wildman–Crippen MR) is 77.8 cm³/mol. The summed E-state index contributed by atoms with van der Waals surface area (Å²) in [7, 11) is 1.88. The second kappa shape index (κ2) is 8.54. The van der Waals surface area contributed by atoms with Crippen LogP contribution < -0.4 is 5.73 Å². The van der Waals surface area contributed by atoms with Crippen molar-refractivity contribution in [3.8, 4) is 0 Å². The van der Waals surface area contributed by atoms with Crippen LogP contribution >= 0.6 is 0 Å². The third kappa shape index (κ3) is 6.39. The fourth-order valence-corrected chi connectivity index (χ4v) is 2.69. The second-order valence-electron chi connectivity index (χ2n) is 6.20. The number of nitrogens with two attached hydrogens (primary N) is 1. The van der Waals surface area contributed by atoms with Crippen molar-refractivity contribution in [3.05, 3.63) is 0 Å². The van der Waals surface area contributed by atoms with Gasteiger partial charge < -0.3 is 15.4 Å². The maximum atomic E-state index is 12.2. The fraction of sp³-hybridized carbons (Fsp3) is 0.933. The molecule has 0 bridgehead atoms. The molecule has 1 rings (SSSR count). The highest BCUT2D eigenvalue weighted by Crippen LogP contribution is 2.17. The summed E-state index contributed by atoms with van der Waals surface area (Å²) in [6.45, 7) is 6.50. The zero-order chi connectivity index (χ0) is 14.3. The zero-order valence-electron chi connectivity index (χ0n) is 12.7. The van der Waals surface area contributed by atoms with Gasteiger partial charge in [0.1, 0.15) is 0 Å². The topological polar surface area (TPSA) is 55.6 Å². The van der Waals surface area contributed by atoms with Gasteiger partial charge in [0.05, 0.1) is 6.10 Å². The molecule has 1 amide bonds. The molecule has 0 aromatic heterocycles. The lowest BCUT2D eigenvalue weighted by molar-refractivity contribution is -0.133. The Labute approximate surface area is 117 Å². The molecule has 0 saturated carbocycles. The maximum Gasteiger partial charge on any atom is 0.222 e. The van der Waals surface area contributed by atoms with Gasteiger partial charge in [0, 0.05) is 26.6 Å². The number of carbonyl (C=O) groups excluding carboxylic acids is 1. The van der Waals surface area contributed by atoms with Crippen LogP contribution in [0.15, 0.2) is 0 Å². The van der Waals surface area contributed by atoms with Gasteiger partial charge in [-0.15, -0.1) is 0 Å². The minimum absolute atomic E-state index is 0.199. The number of hydrogen-bond donors (Lipinski definition) is 1. The molecular weight excluding hydrogens is 240 g/mol. The molecule has 0 aliphatic carbocycles. The van der Waals surface area contributed by atoms with Gasteiger partial charge in [-0.2, -0.15) is 0 Å². The molecule has 0 spiro atoms. The third-order valence-corrected chi connectivity index (χ3v) is 3.78. The number of rotatable bonds is 7. The first-order valence-electron chi connectivity index (χ1n) is 7.58. The smallest absolute Gasteiger partial charge is 0.222 e. The highest BCUT2D eigenvalue weighted by molar-refractivity contribution is 5.76. The molecule has 1 aliphatic heterocycles. The van der Waals surface area contributed by atoms with Crippen LogP contribution in [0.25, 0.3) is 0 Å². The molecular formula is C15H30N2O2. The molecule has 1 unspecified atom stereocenters. The van der Waals surface area contributed by atoms with E-state index in [0.29, 0.717) is 24.8 Å². The van der Waals surface area contributed by atoms with E-state index in [1.807, 2.05) is 11.9 Å². The van der Waals surface area contributed by atoms with Gasteiger partial charge >= 0.3 is 0 Å². The average molecular weight is 270 g/mol. The van der Waals surface area contributed by atoms with Gasteiger partial charge in [-0.3, -0.25) is 4.79 Å². The Morgan fingerprint density at radius 2 is 2.16 bits per heavy atom. The van der Waals surface area contributed by atoms with E-state index < -0.39 is 0 Å². The van der Waals surface area contributed by atoms with E-state index in [1.54, 1.807) is 0 Å².